The second-order valence-electron chi connectivity index (χ2n) is 8.38. The minimum absolute atomic E-state index is 0.0530. The second-order valence-corrected chi connectivity index (χ2v) is 8.38. The van der Waals surface area contributed by atoms with Crippen LogP contribution in [0.15, 0.2) is 48.5 Å². The van der Waals surface area contributed by atoms with Gasteiger partial charge in [-0.05, 0) is 56.4 Å². The van der Waals surface area contributed by atoms with Crippen LogP contribution in [0.2, 0.25) is 0 Å². The molecule has 2 amide bonds. The molecule has 162 valence electrons. The average Bonchev–Trinajstić information content (AvgIpc) is 3.14. The van der Waals surface area contributed by atoms with Crippen LogP contribution in [-0.2, 0) is 22.6 Å². The average molecular weight is 419 g/mol. The first kappa shape index (κ1) is 21.1. The number of nitrogens with zero attached hydrogens (tertiary/aromatic N) is 3. The molecule has 1 unspecified atom stereocenters. The Balaban J connectivity index is 1.54. The molecule has 0 radical (unpaired) electrons. The summed E-state index contributed by atoms with van der Waals surface area (Å²) < 4.78 is 1.96. The van der Waals surface area contributed by atoms with Gasteiger partial charge in [0.15, 0.2) is 0 Å². The van der Waals surface area contributed by atoms with Crippen molar-refractivity contribution in [3.05, 3.63) is 65.5 Å². The van der Waals surface area contributed by atoms with E-state index in [1.54, 1.807) is 0 Å². The van der Waals surface area contributed by atoms with E-state index in [1.165, 1.54) is 6.42 Å². The third-order valence-corrected chi connectivity index (χ3v) is 6.06. The van der Waals surface area contributed by atoms with E-state index in [0.717, 1.165) is 48.1 Å². The lowest BCUT2D eigenvalue weighted by Gasteiger charge is -2.27. The van der Waals surface area contributed by atoms with Gasteiger partial charge in [-0.2, -0.15) is 0 Å². The van der Waals surface area contributed by atoms with Crippen LogP contribution in [0.5, 0.6) is 0 Å². The zero-order valence-electron chi connectivity index (χ0n) is 18.3. The van der Waals surface area contributed by atoms with Crippen molar-refractivity contribution in [2.24, 2.45) is 0 Å². The highest BCUT2D eigenvalue weighted by atomic mass is 16.2. The van der Waals surface area contributed by atoms with Crippen LogP contribution in [-0.4, -0.2) is 39.4 Å². The minimum atomic E-state index is -0.307. The molecule has 1 aliphatic rings. The molecular formula is C25H30N4O2. The van der Waals surface area contributed by atoms with Gasteiger partial charge in [0, 0.05) is 13.1 Å². The van der Waals surface area contributed by atoms with Crippen molar-refractivity contribution < 1.29 is 9.59 Å². The predicted molar refractivity (Wildman–Crippen MR) is 122 cm³/mol. The van der Waals surface area contributed by atoms with Crippen molar-refractivity contribution in [3.8, 4) is 0 Å². The number of carbonyl (C=O) groups excluding carboxylic acids is 2. The number of fused-ring (bicyclic) bond motifs is 1. The number of rotatable bonds is 6. The van der Waals surface area contributed by atoms with E-state index in [9.17, 15) is 9.59 Å². The Hall–Kier alpha value is -3.15. The van der Waals surface area contributed by atoms with Crippen molar-refractivity contribution in [2.75, 3.05) is 13.1 Å². The molecule has 2 aromatic carbocycles. The largest absolute Gasteiger partial charge is 0.346 e. The molecule has 31 heavy (non-hydrogen) atoms. The van der Waals surface area contributed by atoms with Gasteiger partial charge in [0.2, 0.25) is 11.8 Å². The van der Waals surface area contributed by atoms with Crippen molar-refractivity contribution in [2.45, 2.75) is 52.1 Å². The Labute approximate surface area is 183 Å². The van der Waals surface area contributed by atoms with Gasteiger partial charge in [-0.25, -0.2) is 4.98 Å². The maximum Gasteiger partial charge on any atom is 0.242 e. The lowest BCUT2D eigenvalue weighted by molar-refractivity contribution is -0.132. The highest BCUT2D eigenvalue weighted by Crippen LogP contribution is 2.22. The molecule has 0 spiro atoms. The fourth-order valence-corrected chi connectivity index (χ4v) is 4.31. The summed E-state index contributed by atoms with van der Waals surface area (Å²) in [6.45, 7) is 5.83. The number of hydrogen-bond acceptors (Lipinski definition) is 3. The SMILES string of the molecule is Cc1ccccc1CC(=O)NC(C)c1nc2ccccc2n1CC(=O)N1CCCCC1. The van der Waals surface area contributed by atoms with E-state index in [0.29, 0.717) is 12.2 Å². The Morgan fingerprint density at radius 1 is 1.03 bits per heavy atom. The molecule has 4 rings (SSSR count). The van der Waals surface area contributed by atoms with Crippen LogP contribution in [0.25, 0.3) is 11.0 Å². The summed E-state index contributed by atoms with van der Waals surface area (Å²) >= 11 is 0. The number of aryl methyl sites for hydroxylation is 1. The van der Waals surface area contributed by atoms with Crippen molar-refractivity contribution in [3.63, 3.8) is 0 Å². The number of amides is 2. The normalized spacial score (nSPS) is 15.1. The Kier molecular flexibility index (Phi) is 6.35. The zero-order chi connectivity index (χ0) is 21.8. The van der Waals surface area contributed by atoms with Crippen LogP contribution in [0.3, 0.4) is 0 Å². The van der Waals surface area contributed by atoms with Gasteiger partial charge in [-0.3, -0.25) is 9.59 Å². The molecule has 1 N–H and O–H groups in total. The quantitative estimate of drug-likeness (QED) is 0.663. The lowest BCUT2D eigenvalue weighted by atomic mass is 10.1. The molecular weight excluding hydrogens is 388 g/mol. The summed E-state index contributed by atoms with van der Waals surface area (Å²) in [5.41, 5.74) is 3.87. The first-order valence-corrected chi connectivity index (χ1v) is 11.1. The van der Waals surface area contributed by atoms with Crippen LogP contribution in [0.1, 0.15) is 49.2 Å². The van der Waals surface area contributed by atoms with Crippen molar-refractivity contribution >= 4 is 22.8 Å². The van der Waals surface area contributed by atoms with E-state index in [4.69, 9.17) is 4.98 Å². The van der Waals surface area contributed by atoms with Gasteiger partial charge in [-0.1, -0.05) is 36.4 Å². The number of para-hydroxylation sites is 2. The van der Waals surface area contributed by atoms with Crippen molar-refractivity contribution in [1.82, 2.24) is 19.8 Å². The number of benzene rings is 2. The predicted octanol–water partition coefficient (Wildman–Crippen LogP) is 3.78. The molecule has 1 saturated heterocycles. The molecule has 2 heterocycles. The zero-order valence-corrected chi connectivity index (χ0v) is 18.3. The summed E-state index contributed by atoms with van der Waals surface area (Å²) in [6.07, 6.45) is 3.64. The number of nitrogens with one attached hydrogen (secondary N) is 1. The van der Waals surface area contributed by atoms with Crippen LogP contribution in [0.4, 0.5) is 0 Å². The Bertz CT molecular complexity index is 1080. The number of aromatic nitrogens is 2. The van der Waals surface area contributed by atoms with Crippen LogP contribution >= 0.6 is 0 Å². The topological polar surface area (TPSA) is 67.2 Å². The molecule has 1 aromatic heterocycles. The molecule has 3 aromatic rings. The van der Waals surface area contributed by atoms with E-state index in [1.807, 2.05) is 71.8 Å². The first-order valence-electron chi connectivity index (χ1n) is 11.1. The number of likely N-dealkylation sites (tertiary alicyclic amines) is 1. The van der Waals surface area contributed by atoms with Crippen LogP contribution < -0.4 is 5.32 Å². The molecule has 0 bridgehead atoms. The number of piperidine rings is 1. The smallest absolute Gasteiger partial charge is 0.242 e. The van der Waals surface area contributed by atoms with Gasteiger partial charge in [0.25, 0.3) is 0 Å². The van der Waals surface area contributed by atoms with Gasteiger partial charge >= 0.3 is 0 Å². The molecule has 1 aliphatic heterocycles. The van der Waals surface area contributed by atoms with Crippen LogP contribution in [0, 0.1) is 6.92 Å². The van der Waals surface area contributed by atoms with E-state index < -0.39 is 0 Å². The monoisotopic (exact) mass is 418 g/mol. The molecule has 1 atom stereocenters. The summed E-state index contributed by atoms with van der Waals surface area (Å²) in [5, 5.41) is 3.08. The molecule has 6 nitrogen and oxygen atoms in total. The van der Waals surface area contributed by atoms with Gasteiger partial charge < -0.3 is 14.8 Å². The maximum atomic E-state index is 13.0. The fraction of sp³-hybridized carbons (Fsp3) is 0.400. The fourth-order valence-electron chi connectivity index (χ4n) is 4.31. The standard InChI is InChI=1S/C25H30N4O2/c1-18-10-4-5-11-20(18)16-23(30)26-19(2)25-27-21-12-6-7-13-22(21)29(25)17-24(31)28-14-8-3-9-15-28/h4-7,10-13,19H,3,8-9,14-17H2,1-2H3,(H,26,30). The first-order chi connectivity index (χ1) is 15.0. The summed E-state index contributed by atoms with van der Waals surface area (Å²) in [7, 11) is 0. The third-order valence-electron chi connectivity index (χ3n) is 6.06. The Morgan fingerprint density at radius 3 is 2.52 bits per heavy atom. The highest BCUT2D eigenvalue weighted by molar-refractivity contribution is 5.82. The summed E-state index contributed by atoms with van der Waals surface area (Å²) in [5.74, 6) is 0.773. The number of imidazole rings is 1. The molecule has 1 fully saturated rings. The van der Waals surface area contributed by atoms with Gasteiger partial charge in [-0.15, -0.1) is 0 Å². The number of hydrogen-bond donors (Lipinski definition) is 1. The second kappa shape index (κ2) is 9.33. The maximum absolute atomic E-state index is 13.0. The lowest BCUT2D eigenvalue weighted by Crippen LogP contribution is -2.38. The number of carbonyl (C=O) groups is 2. The minimum Gasteiger partial charge on any atom is -0.346 e. The Morgan fingerprint density at radius 2 is 1.74 bits per heavy atom. The molecule has 6 heteroatoms. The molecule has 0 aliphatic carbocycles. The van der Waals surface area contributed by atoms with Gasteiger partial charge in [0.05, 0.1) is 23.5 Å². The highest BCUT2D eigenvalue weighted by Gasteiger charge is 2.23. The summed E-state index contributed by atoms with van der Waals surface area (Å²) in [6, 6.07) is 15.4. The van der Waals surface area contributed by atoms with Gasteiger partial charge in [0.1, 0.15) is 12.4 Å². The summed E-state index contributed by atoms with van der Waals surface area (Å²) in [4.78, 5) is 32.4. The van der Waals surface area contributed by atoms with Crippen molar-refractivity contribution in [1.29, 1.82) is 0 Å². The van der Waals surface area contributed by atoms with E-state index in [2.05, 4.69) is 5.32 Å². The van der Waals surface area contributed by atoms with E-state index >= 15 is 0 Å². The third kappa shape index (κ3) is 4.79. The van der Waals surface area contributed by atoms with E-state index in [-0.39, 0.29) is 24.4 Å². The molecule has 0 saturated carbocycles.